The highest BCUT2D eigenvalue weighted by molar-refractivity contribution is 6.09. The highest BCUT2D eigenvalue weighted by atomic mass is 16.4. The monoisotopic (exact) mass is 351 g/mol. The van der Waals surface area contributed by atoms with Crippen LogP contribution >= 0.6 is 0 Å². The summed E-state index contributed by atoms with van der Waals surface area (Å²) >= 11 is 0. The third kappa shape index (κ3) is 2.64. The molecular weight excluding hydrogens is 334 g/mol. The van der Waals surface area contributed by atoms with E-state index in [0.29, 0.717) is 12.1 Å². The van der Waals surface area contributed by atoms with E-state index >= 15 is 0 Å². The van der Waals surface area contributed by atoms with Gasteiger partial charge in [-0.2, -0.15) is 0 Å². The van der Waals surface area contributed by atoms with Gasteiger partial charge in [0.2, 0.25) is 0 Å². The molecule has 27 heavy (non-hydrogen) atoms. The molecule has 0 saturated carbocycles. The number of hydrogen-bond donors (Lipinski definition) is 0. The minimum atomic E-state index is -0.331. The summed E-state index contributed by atoms with van der Waals surface area (Å²) in [5, 5.41) is 2.01. The fraction of sp³-hybridized carbons (Fsp3) is 0.0417. The molecule has 0 aliphatic rings. The number of hydrogen-bond acceptors (Lipinski definition) is 2. The van der Waals surface area contributed by atoms with Crippen LogP contribution in [0, 0.1) is 0 Å². The smallest absolute Gasteiger partial charge is 0.407 e. The minimum absolute atomic E-state index is 0.331. The van der Waals surface area contributed by atoms with Gasteiger partial charge in [0.25, 0.3) is 0 Å². The van der Waals surface area contributed by atoms with Gasteiger partial charge in [-0.05, 0) is 22.6 Å². The second kappa shape index (κ2) is 6.29. The van der Waals surface area contributed by atoms with Crippen LogP contribution in [0.4, 0.5) is 0 Å². The van der Waals surface area contributed by atoms with E-state index in [9.17, 15) is 4.79 Å². The van der Waals surface area contributed by atoms with Crippen molar-refractivity contribution in [3.05, 3.63) is 107 Å². The fourth-order valence-corrected chi connectivity index (χ4v) is 3.66. The Morgan fingerprint density at radius 2 is 1.44 bits per heavy atom. The van der Waals surface area contributed by atoms with E-state index in [-0.39, 0.29) is 5.76 Å². The quantitative estimate of drug-likeness (QED) is 0.432. The molecule has 1 aromatic heterocycles. The van der Waals surface area contributed by atoms with Gasteiger partial charge in [-0.15, -0.1) is 0 Å². The maximum absolute atomic E-state index is 12.8. The number of fused-ring (bicyclic) bond motifs is 3. The molecular formula is C24H17NO2. The molecule has 0 unspecified atom stereocenters. The van der Waals surface area contributed by atoms with Gasteiger partial charge in [-0.1, -0.05) is 84.9 Å². The van der Waals surface area contributed by atoms with Crippen LogP contribution in [0.5, 0.6) is 0 Å². The number of rotatable bonds is 3. The van der Waals surface area contributed by atoms with Gasteiger partial charge in [0.15, 0.2) is 5.58 Å². The van der Waals surface area contributed by atoms with Crippen molar-refractivity contribution in [2.75, 3.05) is 0 Å². The molecule has 1 heterocycles. The zero-order valence-corrected chi connectivity index (χ0v) is 14.6. The van der Waals surface area contributed by atoms with Crippen molar-refractivity contribution >= 4 is 21.9 Å². The number of aromatic nitrogens is 1. The largest absolute Gasteiger partial charge is 0.420 e. The van der Waals surface area contributed by atoms with Crippen molar-refractivity contribution in [1.29, 1.82) is 0 Å². The lowest BCUT2D eigenvalue weighted by atomic mass is 9.99. The first-order chi connectivity index (χ1) is 13.3. The molecule has 3 heteroatoms. The third-order valence-electron chi connectivity index (χ3n) is 4.92. The summed E-state index contributed by atoms with van der Waals surface area (Å²) in [7, 11) is 0. The van der Waals surface area contributed by atoms with Crippen molar-refractivity contribution in [2.24, 2.45) is 0 Å². The van der Waals surface area contributed by atoms with E-state index in [0.717, 1.165) is 33.0 Å². The van der Waals surface area contributed by atoms with Gasteiger partial charge in [0.05, 0.1) is 12.1 Å². The standard InChI is InChI=1S/C24H17NO2/c26-24-25(16-17-9-3-1-4-10-17)22-21(18-11-5-2-6-12-18)15-19-13-7-8-14-20(19)23(22)27-24/h1-15H,16H2. The molecule has 5 rings (SSSR count). The maximum atomic E-state index is 12.8. The Bertz CT molecular complexity index is 1300. The molecule has 0 bridgehead atoms. The average molecular weight is 351 g/mol. The molecule has 0 radical (unpaired) electrons. The topological polar surface area (TPSA) is 35.1 Å². The van der Waals surface area contributed by atoms with Gasteiger partial charge in [0.1, 0.15) is 0 Å². The summed E-state index contributed by atoms with van der Waals surface area (Å²) in [5.74, 6) is -0.331. The lowest BCUT2D eigenvalue weighted by molar-refractivity contribution is 0.519. The normalized spacial score (nSPS) is 11.3. The summed E-state index contributed by atoms with van der Waals surface area (Å²) in [4.78, 5) is 12.8. The molecule has 0 fully saturated rings. The molecule has 0 spiro atoms. The minimum Gasteiger partial charge on any atom is -0.407 e. The van der Waals surface area contributed by atoms with Gasteiger partial charge in [-0.3, -0.25) is 4.57 Å². The van der Waals surface area contributed by atoms with E-state index in [1.165, 1.54) is 0 Å². The zero-order chi connectivity index (χ0) is 18.2. The van der Waals surface area contributed by atoms with Crippen molar-refractivity contribution in [3.8, 4) is 11.1 Å². The van der Waals surface area contributed by atoms with Crippen molar-refractivity contribution < 1.29 is 4.42 Å². The van der Waals surface area contributed by atoms with E-state index in [4.69, 9.17) is 4.42 Å². The Balaban J connectivity index is 1.87. The first-order valence-corrected chi connectivity index (χ1v) is 8.96. The van der Waals surface area contributed by atoms with Crippen LogP contribution in [0.25, 0.3) is 33.0 Å². The van der Waals surface area contributed by atoms with Crippen LogP contribution in [0.15, 0.2) is 100 Å². The summed E-state index contributed by atoms with van der Waals surface area (Å²) in [6, 6.07) is 30.3. The molecule has 0 saturated heterocycles. The van der Waals surface area contributed by atoms with Crippen LogP contribution in [0.2, 0.25) is 0 Å². The molecule has 0 aliphatic heterocycles. The predicted molar refractivity (Wildman–Crippen MR) is 109 cm³/mol. The number of oxazole rings is 1. The van der Waals surface area contributed by atoms with Crippen LogP contribution in [-0.2, 0) is 6.54 Å². The number of benzene rings is 4. The summed E-state index contributed by atoms with van der Waals surface area (Å²) in [6.45, 7) is 0.477. The van der Waals surface area contributed by atoms with Crippen LogP contribution in [-0.4, -0.2) is 4.57 Å². The van der Waals surface area contributed by atoms with Gasteiger partial charge in [-0.25, -0.2) is 4.79 Å². The maximum Gasteiger partial charge on any atom is 0.420 e. The lowest BCUT2D eigenvalue weighted by Crippen LogP contribution is -2.15. The Hall–Kier alpha value is -3.59. The van der Waals surface area contributed by atoms with E-state index in [2.05, 4.69) is 24.3 Å². The Labute approximate surface area is 156 Å². The van der Waals surface area contributed by atoms with Crippen molar-refractivity contribution in [2.45, 2.75) is 6.54 Å². The van der Waals surface area contributed by atoms with E-state index in [1.807, 2.05) is 66.7 Å². The number of nitrogens with zero attached hydrogens (tertiary/aromatic N) is 1. The highest BCUT2D eigenvalue weighted by Gasteiger charge is 2.18. The van der Waals surface area contributed by atoms with Gasteiger partial charge in [0, 0.05) is 10.9 Å². The second-order valence-electron chi connectivity index (χ2n) is 6.63. The molecule has 0 aliphatic carbocycles. The molecule has 0 amide bonds. The molecule has 0 atom stereocenters. The molecule has 3 nitrogen and oxygen atoms in total. The van der Waals surface area contributed by atoms with Gasteiger partial charge < -0.3 is 4.42 Å². The van der Waals surface area contributed by atoms with E-state index < -0.39 is 0 Å². The van der Waals surface area contributed by atoms with Crippen LogP contribution in [0.3, 0.4) is 0 Å². The van der Waals surface area contributed by atoms with Crippen molar-refractivity contribution in [3.63, 3.8) is 0 Å². The second-order valence-corrected chi connectivity index (χ2v) is 6.63. The molecule has 4 aromatic carbocycles. The highest BCUT2D eigenvalue weighted by Crippen LogP contribution is 2.34. The summed E-state index contributed by atoms with van der Waals surface area (Å²) < 4.78 is 7.49. The Morgan fingerprint density at radius 1 is 0.778 bits per heavy atom. The lowest BCUT2D eigenvalue weighted by Gasteiger charge is -2.10. The summed E-state index contributed by atoms with van der Waals surface area (Å²) in [6.07, 6.45) is 0. The average Bonchev–Trinajstić information content (AvgIpc) is 3.05. The molecule has 0 N–H and O–H groups in total. The van der Waals surface area contributed by atoms with Crippen molar-refractivity contribution in [1.82, 2.24) is 4.57 Å². The molecule has 130 valence electrons. The van der Waals surface area contributed by atoms with Gasteiger partial charge >= 0.3 is 5.76 Å². The van der Waals surface area contributed by atoms with Crippen LogP contribution in [0.1, 0.15) is 5.56 Å². The Morgan fingerprint density at radius 3 is 2.22 bits per heavy atom. The first-order valence-electron chi connectivity index (χ1n) is 8.96. The Kier molecular flexibility index (Phi) is 3.65. The van der Waals surface area contributed by atoms with E-state index in [1.54, 1.807) is 4.57 Å². The van der Waals surface area contributed by atoms with Crippen LogP contribution < -0.4 is 5.76 Å². The predicted octanol–water partition coefficient (Wildman–Crippen LogP) is 5.46. The third-order valence-corrected chi connectivity index (χ3v) is 4.92. The zero-order valence-electron chi connectivity index (χ0n) is 14.6. The fourth-order valence-electron chi connectivity index (χ4n) is 3.66. The SMILES string of the molecule is O=c1oc2c3ccccc3cc(-c3ccccc3)c2n1Cc1ccccc1. The summed E-state index contributed by atoms with van der Waals surface area (Å²) in [5.41, 5.74) is 4.62. The first kappa shape index (κ1) is 15.6. The molecule has 5 aromatic rings.